The third-order valence-electron chi connectivity index (χ3n) is 6.09. The Morgan fingerprint density at radius 1 is 0.806 bits per heavy atom. The van der Waals surface area contributed by atoms with Crippen molar-refractivity contribution in [1.29, 1.82) is 0 Å². The third kappa shape index (κ3) is 3.11. The fraction of sp³-hybridized carbons (Fsp3) is 0.200. The lowest BCUT2D eigenvalue weighted by Crippen LogP contribution is -2.37. The van der Waals surface area contributed by atoms with Gasteiger partial charge in [-0.25, -0.2) is 14.4 Å². The number of halogens is 1. The predicted molar refractivity (Wildman–Crippen MR) is 115 cm³/mol. The molecule has 2 fully saturated rings. The maximum Gasteiger partial charge on any atom is 0.266 e. The summed E-state index contributed by atoms with van der Waals surface area (Å²) < 4.78 is 13.6. The van der Waals surface area contributed by atoms with Gasteiger partial charge in [-0.05, 0) is 66.9 Å². The van der Waals surface area contributed by atoms with Crippen LogP contribution in [0.4, 0.5) is 15.8 Å². The molecule has 0 unspecified atom stereocenters. The molecule has 3 aromatic rings. The Bertz CT molecular complexity index is 1160. The van der Waals surface area contributed by atoms with Gasteiger partial charge in [0.05, 0.1) is 17.4 Å². The van der Waals surface area contributed by atoms with Crippen molar-refractivity contribution in [2.24, 2.45) is 5.92 Å². The molecule has 2 amide bonds. The van der Waals surface area contributed by atoms with Crippen LogP contribution in [0.5, 0.6) is 0 Å². The van der Waals surface area contributed by atoms with Gasteiger partial charge < -0.3 is 0 Å². The molecule has 3 aromatic carbocycles. The summed E-state index contributed by atoms with van der Waals surface area (Å²) in [6.45, 7) is 3.92. The van der Waals surface area contributed by atoms with Crippen molar-refractivity contribution < 1.29 is 18.8 Å². The molecule has 0 saturated carbocycles. The summed E-state index contributed by atoms with van der Waals surface area (Å²) in [6.07, 6.45) is -0.940. The highest BCUT2D eigenvalue weighted by Crippen LogP contribution is 2.47. The van der Waals surface area contributed by atoms with Gasteiger partial charge in [-0.1, -0.05) is 36.4 Å². The van der Waals surface area contributed by atoms with E-state index in [1.54, 1.807) is 23.3 Å². The number of nitrogens with zero attached hydrogens (tertiary/aromatic N) is 2. The highest BCUT2D eigenvalue weighted by atomic mass is 19.1. The van der Waals surface area contributed by atoms with Crippen LogP contribution >= 0.6 is 0 Å². The van der Waals surface area contributed by atoms with E-state index in [2.05, 4.69) is 0 Å². The lowest BCUT2D eigenvalue weighted by molar-refractivity contribution is -0.126. The summed E-state index contributed by atoms with van der Waals surface area (Å²) in [6, 6.07) is 20.3. The molecule has 5 rings (SSSR count). The zero-order valence-corrected chi connectivity index (χ0v) is 17.2. The van der Waals surface area contributed by atoms with Gasteiger partial charge in [0.2, 0.25) is 5.91 Å². The lowest BCUT2D eigenvalue weighted by atomic mass is 9.90. The van der Waals surface area contributed by atoms with E-state index in [0.717, 1.165) is 16.8 Å². The largest absolute Gasteiger partial charge is 0.273 e. The molecule has 0 aliphatic carbocycles. The summed E-state index contributed by atoms with van der Waals surface area (Å²) in [4.78, 5) is 34.1. The van der Waals surface area contributed by atoms with Gasteiger partial charge in [0, 0.05) is 0 Å². The molecule has 5 nitrogen and oxygen atoms in total. The number of imide groups is 1. The number of hydroxylamine groups is 1. The number of amides is 2. The molecule has 2 aliphatic rings. The number of carbonyl (C=O) groups excluding carboxylic acids is 2. The van der Waals surface area contributed by atoms with Gasteiger partial charge in [0.15, 0.2) is 6.10 Å². The molecule has 31 heavy (non-hydrogen) atoms. The average Bonchev–Trinajstić information content (AvgIpc) is 3.28. The smallest absolute Gasteiger partial charge is 0.266 e. The number of hydrogen-bond acceptors (Lipinski definition) is 4. The molecule has 0 radical (unpaired) electrons. The number of hydrogen-bond donors (Lipinski definition) is 0. The topological polar surface area (TPSA) is 49.9 Å². The van der Waals surface area contributed by atoms with E-state index in [-0.39, 0.29) is 17.6 Å². The van der Waals surface area contributed by atoms with Crippen molar-refractivity contribution in [3.63, 3.8) is 0 Å². The maximum absolute atomic E-state index is 13.6. The minimum atomic E-state index is -0.940. The second kappa shape index (κ2) is 7.32. The van der Waals surface area contributed by atoms with Crippen molar-refractivity contribution in [2.45, 2.75) is 26.0 Å². The van der Waals surface area contributed by atoms with E-state index >= 15 is 0 Å². The van der Waals surface area contributed by atoms with Crippen LogP contribution in [0.2, 0.25) is 0 Å². The summed E-state index contributed by atoms with van der Waals surface area (Å²) in [5.41, 5.74) is 4.06. The second-order valence-corrected chi connectivity index (χ2v) is 7.99. The van der Waals surface area contributed by atoms with E-state index in [4.69, 9.17) is 4.84 Å². The summed E-state index contributed by atoms with van der Waals surface area (Å²) >= 11 is 0. The monoisotopic (exact) mass is 416 g/mol. The summed E-state index contributed by atoms with van der Waals surface area (Å²) in [7, 11) is 0. The minimum Gasteiger partial charge on any atom is -0.273 e. The Hall–Kier alpha value is -3.51. The van der Waals surface area contributed by atoms with Crippen LogP contribution in [-0.2, 0) is 14.4 Å². The van der Waals surface area contributed by atoms with E-state index < -0.39 is 18.1 Å². The van der Waals surface area contributed by atoms with Crippen LogP contribution in [0.15, 0.2) is 72.8 Å². The third-order valence-corrected chi connectivity index (χ3v) is 6.09. The Morgan fingerprint density at radius 2 is 1.52 bits per heavy atom. The number of fused-ring (bicyclic) bond motifs is 1. The van der Waals surface area contributed by atoms with E-state index in [1.165, 1.54) is 17.0 Å². The number of aryl methyl sites for hydroxylation is 2. The summed E-state index contributed by atoms with van der Waals surface area (Å²) in [5, 5.41) is 1.61. The van der Waals surface area contributed by atoms with Crippen molar-refractivity contribution >= 4 is 23.2 Å². The van der Waals surface area contributed by atoms with Crippen LogP contribution in [0.25, 0.3) is 0 Å². The van der Waals surface area contributed by atoms with Gasteiger partial charge in [0.1, 0.15) is 11.7 Å². The van der Waals surface area contributed by atoms with E-state index in [0.29, 0.717) is 11.3 Å². The number of benzene rings is 3. The molecular formula is C25H21FN2O3. The van der Waals surface area contributed by atoms with Crippen LogP contribution in [-0.4, -0.2) is 17.9 Å². The Morgan fingerprint density at radius 3 is 2.19 bits per heavy atom. The number of para-hydroxylation sites is 1. The second-order valence-electron chi connectivity index (χ2n) is 7.99. The number of rotatable bonds is 3. The Balaban J connectivity index is 1.58. The van der Waals surface area contributed by atoms with E-state index in [9.17, 15) is 14.0 Å². The van der Waals surface area contributed by atoms with Crippen molar-refractivity contribution in [1.82, 2.24) is 0 Å². The predicted octanol–water partition coefficient (Wildman–Crippen LogP) is 4.49. The maximum atomic E-state index is 13.6. The first kappa shape index (κ1) is 19.5. The molecule has 0 aromatic heterocycles. The van der Waals surface area contributed by atoms with Crippen LogP contribution in [0.1, 0.15) is 22.7 Å². The van der Waals surface area contributed by atoms with Crippen LogP contribution in [0.3, 0.4) is 0 Å². The van der Waals surface area contributed by atoms with Crippen LogP contribution in [0, 0.1) is 25.6 Å². The van der Waals surface area contributed by atoms with Crippen molar-refractivity contribution in [3.05, 3.63) is 95.3 Å². The van der Waals surface area contributed by atoms with Crippen molar-refractivity contribution in [3.8, 4) is 0 Å². The first-order valence-electron chi connectivity index (χ1n) is 10.2. The minimum absolute atomic E-state index is 0.314. The molecule has 3 atom stereocenters. The quantitative estimate of drug-likeness (QED) is 0.590. The standard InChI is InChI=1S/C25H21FN2O3/c1-15-8-13-20(14-16(15)2)27-24(29)21-22(17-9-11-18(26)12-10-17)28(31-23(21)25(27)30)19-6-4-3-5-7-19/h3-14,21-23H,1-2H3/t21-,22-,23-/m1/s1. The summed E-state index contributed by atoms with van der Waals surface area (Å²) in [5.74, 6) is -1.80. The van der Waals surface area contributed by atoms with Gasteiger partial charge in [-0.15, -0.1) is 0 Å². The molecule has 2 aliphatic heterocycles. The SMILES string of the molecule is Cc1ccc(N2C(=O)[C@@H]3[C@@H](c4ccc(F)cc4)N(c4ccccc4)O[C@H]3C2=O)cc1C. The molecular weight excluding hydrogens is 395 g/mol. The Kier molecular flexibility index (Phi) is 4.59. The molecule has 2 heterocycles. The van der Waals surface area contributed by atoms with Crippen molar-refractivity contribution in [2.75, 3.05) is 9.96 Å². The first-order chi connectivity index (χ1) is 15.0. The fourth-order valence-corrected chi connectivity index (χ4v) is 4.33. The van der Waals surface area contributed by atoms with Gasteiger partial charge in [-0.3, -0.25) is 14.4 Å². The van der Waals surface area contributed by atoms with Crippen LogP contribution < -0.4 is 9.96 Å². The molecule has 2 saturated heterocycles. The highest BCUT2D eigenvalue weighted by Gasteiger charge is 2.60. The lowest BCUT2D eigenvalue weighted by Gasteiger charge is -2.28. The first-order valence-corrected chi connectivity index (χ1v) is 10.2. The molecule has 0 spiro atoms. The Labute approximate surface area is 179 Å². The van der Waals surface area contributed by atoms with Gasteiger partial charge in [-0.2, -0.15) is 0 Å². The molecule has 156 valence electrons. The zero-order valence-electron chi connectivity index (χ0n) is 17.2. The van der Waals surface area contributed by atoms with Gasteiger partial charge in [0.25, 0.3) is 5.91 Å². The number of carbonyl (C=O) groups is 2. The fourth-order valence-electron chi connectivity index (χ4n) is 4.33. The van der Waals surface area contributed by atoms with Gasteiger partial charge >= 0.3 is 0 Å². The van der Waals surface area contributed by atoms with E-state index in [1.807, 2.05) is 56.3 Å². The highest BCUT2D eigenvalue weighted by molar-refractivity contribution is 6.24. The number of anilines is 2. The zero-order chi connectivity index (χ0) is 21.7. The molecule has 6 heteroatoms. The normalized spacial score (nSPS) is 22.9. The molecule has 0 bridgehead atoms. The average molecular weight is 416 g/mol. The molecule has 0 N–H and O–H groups in total.